The summed E-state index contributed by atoms with van der Waals surface area (Å²) in [5, 5.41) is 0.379. The van der Waals surface area contributed by atoms with E-state index in [2.05, 4.69) is 24.3 Å². The largest absolute Gasteiger partial charge is 0.285 e. The van der Waals surface area contributed by atoms with Crippen molar-refractivity contribution in [2.45, 2.75) is 17.6 Å². The maximum Gasteiger partial charge on any atom is 0.269 e. The highest BCUT2D eigenvalue weighted by molar-refractivity contribution is 7.85. The molecule has 5 heteroatoms. The summed E-state index contributed by atoms with van der Waals surface area (Å²) in [5.74, 6) is -0.486. The Hall–Kier alpha value is -2.14. The van der Waals surface area contributed by atoms with Crippen molar-refractivity contribution in [2.75, 3.05) is 0 Å². The van der Waals surface area contributed by atoms with Crippen LogP contribution >= 0.6 is 11.6 Å². The highest BCUT2D eigenvalue weighted by Crippen LogP contribution is 2.57. The molecule has 0 heterocycles. The van der Waals surface area contributed by atoms with E-state index in [0.29, 0.717) is 10.6 Å². The number of rotatable bonds is 2. The molecule has 0 fully saturated rings. The molecular weight excluding hydrogens is 368 g/mol. The predicted molar refractivity (Wildman–Crippen MR) is 101 cm³/mol. The highest BCUT2D eigenvalue weighted by Gasteiger charge is 2.42. The van der Waals surface area contributed by atoms with Crippen molar-refractivity contribution >= 4 is 21.7 Å². The Bertz CT molecular complexity index is 1120. The van der Waals surface area contributed by atoms with Gasteiger partial charge in [-0.05, 0) is 45.0 Å². The van der Waals surface area contributed by atoms with Crippen molar-refractivity contribution in [1.82, 2.24) is 0 Å². The monoisotopic (exact) mass is 382 g/mol. The Labute approximate surface area is 157 Å². The van der Waals surface area contributed by atoms with E-state index in [1.54, 1.807) is 6.07 Å². The molecule has 0 amide bonds. The zero-order valence-electron chi connectivity index (χ0n) is 13.7. The number of hydrogen-bond acceptors (Lipinski definition) is 2. The first-order valence-corrected chi connectivity index (χ1v) is 10.4. The van der Waals surface area contributed by atoms with Crippen LogP contribution in [0.25, 0.3) is 0 Å². The molecular formula is C21H15ClO3S. The lowest BCUT2D eigenvalue weighted by Crippen LogP contribution is -2.29. The first-order valence-electron chi connectivity index (χ1n) is 8.39. The number of hydrogen-bond donors (Lipinski definition) is 1. The lowest BCUT2D eigenvalue weighted by atomic mass is 9.60. The van der Waals surface area contributed by atoms with Crippen LogP contribution in [0.2, 0.25) is 5.02 Å². The number of halogens is 1. The summed E-state index contributed by atoms with van der Waals surface area (Å²) in [5.41, 5.74) is 7.39. The zero-order chi connectivity index (χ0) is 18.1. The van der Waals surface area contributed by atoms with Gasteiger partial charge in [0.1, 0.15) is 5.75 Å². The van der Waals surface area contributed by atoms with Crippen LogP contribution in [0.5, 0.6) is 0 Å². The van der Waals surface area contributed by atoms with Gasteiger partial charge in [0, 0.05) is 16.9 Å². The SMILES string of the molecule is O=S(=O)(O)Cc1c(Cl)ccc2c1C1c3ccccc3C2c2ccccc21. The summed E-state index contributed by atoms with van der Waals surface area (Å²) in [4.78, 5) is 0. The minimum atomic E-state index is -4.19. The van der Waals surface area contributed by atoms with Gasteiger partial charge in [0.2, 0.25) is 0 Å². The summed E-state index contributed by atoms with van der Waals surface area (Å²) in [7, 11) is -4.19. The smallest absolute Gasteiger partial charge is 0.269 e. The molecule has 0 saturated heterocycles. The Morgan fingerprint density at radius 2 is 1.27 bits per heavy atom. The van der Waals surface area contributed by atoms with Crippen molar-refractivity contribution in [1.29, 1.82) is 0 Å². The minimum absolute atomic E-state index is 0.0554. The van der Waals surface area contributed by atoms with Gasteiger partial charge in [0.05, 0.1) is 0 Å². The third kappa shape index (κ3) is 2.19. The standard InChI is InChI=1S/C21H15ClO3S/c22-18-10-9-16-19-12-5-1-3-7-14(12)20(15-8-4-2-6-13(15)19)21(16)17(18)11-26(23,24)25/h1-10,19-20H,11H2,(H,23,24,25). The molecule has 3 aromatic rings. The van der Waals surface area contributed by atoms with E-state index in [1.807, 2.05) is 30.3 Å². The fourth-order valence-corrected chi connectivity index (χ4v) is 5.62. The second-order valence-electron chi connectivity index (χ2n) is 6.88. The van der Waals surface area contributed by atoms with Crippen LogP contribution in [-0.4, -0.2) is 13.0 Å². The van der Waals surface area contributed by atoms with Crippen LogP contribution in [0, 0.1) is 0 Å². The Morgan fingerprint density at radius 3 is 1.77 bits per heavy atom. The number of benzene rings is 3. The summed E-state index contributed by atoms with van der Waals surface area (Å²) in [6, 6.07) is 20.3. The van der Waals surface area contributed by atoms with Crippen molar-refractivity contribution in [3.8, 4) is 0 Å². The van der Waals surface area contributed by atoms with Gasteiger partial charge < -0.3 is 0 Å². The van der Waals surface area contributed by atoms with Crippen LogP contribution in [0.15, 0.2) is 60.7 Å². The van der Waals surface area contributed by atoms with Crippen molar-refractivity contribution in [2.24, 2.45) is 0 Å². The molecule has 1 N–H and O–H groups in total. The van der Waals surface area contributed by atoms with Gasteiger partial charge in [-0.25, -0.2) is 0 Å². The third-order valence-electron chi connectivity index (χ3n) is 5.50. The predicted octanol–water partition coefficient (Wildman–Crippen LogP) is 4.72. The molecule has 3 nitrogen and oxygen atoms in total. The average Bonchev–Trinajstić information content (AvgIpc) is 2.62. The molecule has 0 atom stereocenters. The van der Waals surface area contributed by atoms with Crippen LogP contribution in [-0.2, 0) is 15.9 Å². The summed E-state index contributed by atoms with van der Waals surface area (Å²) >= 11 is 6.38. The average molecular weight is 383 g/mol. The molecule has 0 unspecified atom stereocenters. The van der Waals surface area contributed by atoms with Gasteiger partial charge in [-0.2, -0.15) is 8.42 Å². The van der Waals surface area contributed by atoms with Gasteiger partial charge in [-0.3, -0.25) is 4.55 Å². The van der Waals surface area contributed by atoms with E-state index in [0.717, 1.165) is 11.1 Å². The van der Waals surface area contributed by atoms with E-state index in [4.69, 9.17) is 11.6 Å². The van der Waals surface area contributed by atoms with E-state index in [1.165, 1.54) is 22.3 Å². The molecule has 0 aliphatic heterocycles. The van der Waals surface area contributed by atoms with E-state index in [9.17, 15) is 13.0 Å². The van der Waals surface area contributed by atoms with Gasteiger partial charge in [-0.1, -0.05) is 66.2 Å². The molecule has 3 aromatic carbocycles. The van der Waals surface area contributed by atoms with Crippen molar-refractivity contribution < 1.29 is 13.0 Å². The van der Waals surface area contributed by atoms with E-state index in [-0.39, 0.29) is 11.8 Å². The second kappa shape index (κ2) is 5.43. The molecule has 0 saturated carbocycles. The molecule has 6 rings (SSSR count). The van der Waals surface area contributed by atoms with Crippen LogP contribution < -0.4 is 0 Å². The fraction of sp³-hybridized carbons (Fsp3) is 0.143. The topological polar surface area (TPSA) is 54.4 Å². The Balaban J connectivity index is 1.87. The molecule has 3 aliphatic rings. The highest BCUT2D eigenvalue weighted by atomic mass is 35.5. The quantitative estimate of drug-likeness (QED) is 0.449. The summed E-state index contributed by atoms with van der Waals surface area (Å²) in [6.45, 7) is 0. The third-order valence-corrected chi connectivity index (χ3v) is 6.50. The molecule has 2 bridgehead atoms. The van der Waals surface area contributed by atoms with Crippen LogP contribution in [0.1, 0.15) is 50.8 Å². The minimum Gasteiger partial charge on any atom is -0.285 e. The maximum atomic E-state index is 11.6. The molecule has 26 heavy (non-hydrogen) atoms. The lowest BCUT2D eigenvalue weighted by Gasteiger charge is -2.43. The van der Waals surface area contributed by atoms with Crippen LogP contribution in [0.4, 0.5) is 0 Å². The zero-order valence-corrected chi connectivity index (χ0v) is 15.3. The van der Waals surface area contributed by atoms with Gasteiger partial charge in [0.25, 0.3) is 10.1 Å². The molecule has 0 spiro atoms. The molecule has 0 aromatic heterocycles. The Kier molecular flexibility index (Phi) is 3.35. The maximum absolute atomic E-state index is 11.6. The normalized spacial score (nSPS) is 19.6. The summed E-state index contributed by atoms with van der Waals surface area (Å²) in [6.07, 6.45) is 0. The van der Waals surface area contributed by atoms with E-state index >= 15 is 0 Å². The summed E-state index contributed by atoms with van der Waals surface area (Å²) < 4.78 is 32.7. The molecule has 130 valence electrons. The van der Waals surface area contributed by atoms with Gasteiger partial charge in [0.15, 0.2) is 0 Å². The van der Waals surface area contributed by atoms with Crippen molar-refractivity contribution in [3.63, 3.8) is 0 Å². The van der Waals surface area contributed by atoms with Gasteiger partial charge >= 0.3 is 0 Å². The van der Waals surface area contributed by atoms with Crippen molar-refractivity contribution in [3.05, 3.63) is 105 Å². The van der Waals surface area contributed by atoms with Crippen LogP contribution in [0.3, 0.4) is 0 Å². The fourth-order valence-electron chi connectivity index (χ4n) is 4.63. The first kappa shape index (κ1) is 16.1. The first-order chi connectivity index (χ1) is 12.5. The van der Waals surface area contributed by atoms with Gasteiger partial charge in [-0.15, -0.1) is 0 Å². The Morgan fingerprint density at radius 1 is 0.769 bits per heavy atom. The van der Waals surface area contributed by atoms with E-state index < -0.39 is 15.9 Å². The molecule has 0 radical (unpaired) electrons. The molecule has 3 aliphatic carbocycles. The lowest BCUT2D eigenvalue weighted by molar-refractivity contribution is 0.481. The second-order valence-corrected chi connectivity index (χ2v) is 8.74.